The van der Waals surface area contributed by atoms with E-state index in [9.17, 15) is 18.0 Å². The van der Waals surface area contributed by atoms with Crippen LogP contribution in [-0.2, 0) is 30.6 Å². The largest absolute Gasteiger partial charge is 0.455 e. The minimum Gasteiger partial charge on any atom is -0.455 e. The Morgan fingerprint density at radius 3 is 2.96 bits per heavy atom. The number of fused-ring (bicyclic) bond motifs is 1. The van der Waals surface area contributed by atoms with Crippen molar-refractivity contribution in [2.24, 2.45) is 0 Å². The molecule has 0 saturated carbocycles. The first kappa shape index (κ1) is 16.9. The van der Waals surface area contributed by atoms with E-state index < -0.39 is 28.3 Å². The van der Waals surface area contributed by atoms with Crippen molar-refractivity contribution in [2.45, 2.75) is 18.9 Å². The normalized spacial score (nSPS) is 19.5. The van der Waals surface area contributed by atoms with Crippen molar-refractivity contribution in [3.8, 4) is 0 Å². The summed E-state index contributed by atoms with van der Waals surface area (Å²) in [6.07, 6.45) is 3.99. The number of aromatic nitrogens is 2. The lowest BCUT2D eigenvalue weighted by atomic mass is 10.2. The van der Waals surface area contributed by atoms with Gasteiger partial charge in [0.15, 0.2) is 21.4 Å². The summed E-state index contributed by atoms with van der Waals surface area (Å²) >= 11 is 1.46. The lowest BCUT2D eigenvalue weighted by molar-refractivity contribution is -0.151. The van der Waals surface area contributed by atoms with E-state index in [0.717, 1.165) is 4.96 Å². The van der Waals surface area contributed by atoms with E-state index in [2.05, 4.69) is 4.98 Å². The smallest absolute Gasteiger partial charge is 0.312 e. The minimum atomic E-state index is -3.06. The quantitative estimate of drug-likeness (QED) is 0.693. The standard InChI is InChI=1S/C14H17N3O5S2/c1-16(11-2-5-24(20,21)9-11)12(18)8-22-13(19)6-10-7-17-3-4-23-14(17)15-10/h3-4,7,11H,2,5-6,8-9H2,1H3/t11-/m0/s1. The number of imidazole rings is 1. The number of carbonyl (C=O) groups is 2. The average molecular weight is 371 g/mol. The van der Waals surface area contributed by atoms with E-state index in [4.69, 9.17) is 4.74 Å². The molecule has 0 aliphatic carbocycles. The fourth-order valence-corrected chi connectivity index (χ4v) is 5.08. The predicted molar refractivity (Wildman–Crippen MR) is 87.6 cm³/mol. The first-order valence-corrected chi connectivity index (χ1v) is 10.1. The van der Waals surface area contributed by atoms with Crippen molar-refractivity contribution < 1.29 is 22.7 Å². The Labute approximate surface area is 143 Å². The van der Waals surface area contributed by atoms with Crippen LogP contribution in [0.4, 0.5) is 0 Å². The lowest BCUT2D eigenvalue weighted by Crippen LogP contribution is -2.40. The van der Waals surface area contributed by atoms with Gasteiger partial charge in [0.1, 0.15) is 0 Å². The molecule has 1 atom stereocenters. The van der Waals surface area contributed by atoms with E-state index in [1.807, 2.05) is 16.0 Å². The number of nitrogens with zero attached hydrogens (tertiary/aromatic N) is 3. The maximum Gasteiger partial charge on any atom is 0.312 e. The Morgan fingerprint density at radius 2 is 2.29 bits per heavy atom. The van der Waals surface area contributed by atoms with Gasteiger partial charge >= 0.3 is 5.97 Å². The topological polar surface area (TPSA) is 98.0 Å². The number of hydrogen-bond acceptors (Lipinski definition) is 7. The zero-order chi connectivity index (χ0) is 17.3. The van der Waals surface area contributed by atoms with Gasteiger partial charge < -0.3 is 9.64 Å². The minimum absolute atomic E-state index is 0.0107. The molecule has 130 valence electrons. The summed E-state index contributed by atoms with van der Waals surface area (Å²) in [5, 5.41) is 1.89. The zero-order valence-electron chi connectivity index (χ0n) is 13.0. The average Bonchev–Trinajstić information content (AvgIpc) is 3.18. The number of sulfone groups is 1. The highest BCUT2D eigenvalue weighted by Crippen LogP contribution is 2.16. The summed E-state index contributed by atoms with van der Waals surface area (Å²) in [7, 11) is -1.53. The number of hydrogen-bond donors (Lipinski definition) is 0. The first-order valence-electron chi connectivity index (χ1n) is 7.37. The summed E-state index contributed by atoms with van der Waals surface area (Å²) in [4.78, 5) is 30.3. The van der Waals surface area contributed by atoms with Crippen LogP contribution in [0, 0.1) is 0 Å². The van der Waals surface area contributed by atoms with E-state index in [1.54, 1.807) is 6.20 Å². The third-order valence-electron chi connectivity index (χ3n) is 3.97. The van der Waals surface area contributed by atoms with Crippen molar-refractivity contribution >= 4 is 38.0 Å². The van der Waals surface area contributed by atoms with Crippen molar-refractivity contribution in [3.63, 3.8) is 0 Å². The summed E-state index contributed by atoms with van der Waals surface area (Å²) < 4.78 is 29.7. The molecule has 0 spiro atoms. The number of amides is 1. The third kappa shape index (κ3) is 3.75. The van der Waals surface area contributed by atoms with E-state index >= 15 is 0 Å². The Kier molecular flexibility index (Phi) is 4.59. The summed E-state index contributed by atoms with van der Waals surface area (Å²) in [5.74, 6) is -0.890. The molecule has 10 heteroatoms. The maximum absolute atomic E-state index is 12.0. The molecule has 0 unspecified atom stereocenters. The molecule has 1 amide bonds. The Bertz CT molecular complexity index is 841. The van der Waals surface area contributed by atoms with Gasteiger partial charge in [-0.2, -0.15) is 0 Å². The van der Waals surface area contributed by atoms with Crippen molar-refractivity contribution in [1.29, 1.82) is 0 Å². The molecule has 8 nitrogen and oxygen atoms in total. The van der Waals surface area contributed by atoms with Crippen LogP contribution in [0.2, 0.25) is 0 Å². The van der Waals surface area contributed by atoms with Gasteiger partial charge in [0.2, 0.25) is 0 Å². The molecule has 24 heavy (non-hydrogen) atoms. The number of carbonyl (C=O) groups excluding carboxylic acids is 2. The molecule has 3 rings (SSSR count). The second-order valence-electron chi connectivity index (χ2n) is 5.72. The van der Waals surface area contributed by atoms with Crippen LogP contribution in [0.15, 0.2) is 17.8 Å². The SMILES string of the molecule is CN(C(=O)COC(=O)Cc1cn2ccsc2n1)[C@H]1CCS(=O)(=O)C1. The van der Waals surface area contributed by atoms with Crippen LogP contribution < -0.4 is 0 Å². The summed E-state index contributed by atoms with van der Waals surface area (Å²) in [6.45, 7) is -0.395. The second-order valence-corrected chi connectivity index (χ2v) is 8.83. The van der Waals surface area contributed by atoms with Crippen molar-refractivity contribution in [2.75, 3.05) is 25.2 Å². The third-order valence-corrected chi connectivity index (χ3v) is 6.50. The van der Waals surface area contributed by atoms with Crippen LogP contribution in [0.3, 0.4) is 0 Å². The predicted octanol–water partition coefficient (Wildman–Crippen LogP) is 0.127. The van der Waals surface area contributed by atoms with Gasteiger partial charge in [-0.3, -0.25) is 14.0 Å². The molecule has 1 aliphatic rings. The van der Waals surface area contributed by atoms with E-state index in [-0.39, 0.29) is 24.0 Å². The molecule has 0 radical (unpaired) electrons. The molecule has 0 aromatic carbocycles. The van der Waals surface area contributed by atoms with Gasteiger partial charge in [-0.1, -0.05) is 0 Å². The highest BCUT2D eigenvalue weighted by atomic mass is 32.2. The van der Waals surface area contributed by atoms with Gasteiger partial charge in [-0.05, 0) is 6.42 Å². The molecule has 0 bridgehead atoms. The van der Waals surface area contributed by atoms with Gasteiger partial charge in [0.25, 0.3) is 5.91 Å². The van der Waals surface area contributed by atoms with Gasteiger partial charge in [0.05, 0.1) is 23.6 Å². The maximum atomic E-state index is 12.0. The zero-order valence-corrected chi connectivity index (χ0v) is 14.7. The number of rotatable bonds is 5. The van der Waals surface area contributed by atoms with Crippen LogP contribution in [0.1, 0.15) is 12.1 Å². The highest BCUT2D eigenvalue weighted by Gasteiger charge is 2.32. The molecule has 2 aromatic rings. The highest BCUT2D eigenvalue weighted by molar-refractivity contribution is 7.91. The van der Waals surface area contributed by atoms with Crippen LogP contribution >= 0.6 is 11.3 Å². The van der Waals surface area contributed by atoms with Gasteiger partial charge in [0, 0.05) is 30.9 Å². The monoisotopic (exact) mass is 371 g/mol. The number of ether oxygens (including phenoxy) is 1. The fourth-order valence-electron chi connectivity index (χ4n) is 2.59. The molecule has 0 N–H and O–H groups in total. The van der Waals surface area contributed by atoms with Crippen molar-refractivity contribution in [3.05, 3.63) is 23.5 Å². The van der Waals surface area contributed by atoms with E-state index in [0.29, 0.717) is 12.1 Å². The van der Waals surface area contributed by atoms with Crippen molar-refractivity contribution in [1.82, 2.24) is 14.3 Å². The Morgan fingerprint density at radius 1 is 1.50 bits per heavy atom. The van der Waals surface area contributed by atoms with E-state index in [1.165, 1.54) is 23.3 Å². The number of esters is 1. The van der Waals surface area contributed by atoms with Crippen LogP contribution in [0.5, 0.6) is 0 Å². The van der Waals surface area contributed by atoms with Gasteiger partial charge in [-0.15, -0.1) is 11.3 Å². The summed E-state index contributed by atoms with van der Waals surface area (Å²) in [5.41, 5.74) is 0.578. The number of thiazole rings is 1. The molecular weight excluding hydrogens is 354 g/mol. The molecule has 3 heterocycles. The molecular formula is C14H17N3O5S2. The molecule has 2 aromatic heterocycles. The Hall–Kier alpha value is -1.94. The summed E-state index contributed by atoms with van der Waals surface area (Å²) in [6, 6.07) is -0.346. The number of likely N-dealkylation sites (N-methyl/N-ethyl adjacent to an activating group) is 1. The van der Waals surface area contributed by atoms with Gasteiger partial charge in [-0.25, -0.2) is 13.4 Å². The second kappa shape index (κ2) is 6.52. The van der Waals surface area contributed by atoms with Crippen LogP contribution in [-0.4, -0.2) is 65.8 Å². The molecule has 1 fully saturated rings. The van der Waals surface area contributed by atoms with Crippen LogP contribution in [0.25, 0.3) is 4.96 Å². The first-order chi connectivity index (χ1) is 11.3. The molecule has 1 aliphatic heterocycles. The fraction of sp³-hybridized carbons (Fsp3) is 0.500. The molecule has 1 saturated heterocycles. The lowest BCUT2D eigenvalue weighted by Gasteiger charge is -2.23. The Balaban J connectivity index is 1.48.